The van der Waals surface area contributed by atoms with Crippen molar-refractivity contribution in [2.24, 2.45) is 0 Å². The van der Waals surface area contributed by atoms with Crippen LogP contribution in [0.5, 0.6) is 0 Å². The third-order valence-corrected chi connectivity index (χ3v) is 5.41. The number of nitrogens with one attached hydrogen (secondary N) is 1. The highest BCUT2D eigenvalue weighted by Crippen LogP contribution is 2.23. The van der Waals surface area contributed by atoms with E-state index in [1.807, 2.05) is 31.2 Å². The van der Waals surface area contributed by atoms with Gasteiger partial charge in [-0.2, -0.15) is 0 Å². The maximum Gasteiger partial charge on any atom is 0.173 e. The second kappa shape index (κ2) is 9.17. The quantitative estimate of drug-likeness (QED) is 0.770. The van der Waals surface area contributed by atoms with Gasteiger partial charge >= 0.3 is 0 Å². The molecule has 3 rings (SSSR count). The number of rotatable bonds is 4. The molecule has 0 saturated carbocycles. The first-order valence-electron chi connectivity index (χ1n) is 8.88. The minimum Gasteiger partial charge on any atom is -0.346 e. The second-order valence-electron chi connectivity index (χ2n) is 6.44. The molecule has 0 amide bonds. The summed E-state index contributed by atoms with van der Waals surface area (Å²) in [6.45, 7) is 6.86. The number of hydrogen-bond donors (Lipinski definition) is 1. The Bertz CT molecular complexity index is 768. The number of anilines is 1. The van der Waals surface area contributed by atoms with Crippen molar-refractivity contribution in [1.29, 1.82) is 0 Å². The van der Waals surface area contributed by atoms with Crippen molar-refractivity contribution in [1.82, 2.24) is 9.80 Å². The molecule has 0 atom stereocenters. The fraction of sp³-hybridized carbons (Fsp3) is 0.286. The smallest absolute Gasteiger partial charge is 0.173 e. The average molecular weight is 386 g/mol. The third kappa shape index (κ3) is 5.07. The SMILES string of the molecule is Cc1c(Cl)cccc1NC(=S)N1CCN(CC=Cc2ccccc2)CC1. The van der Waals surface area contributed by atoms with Gasteiger partial charge < -0.3 is 10.2 Å². The molecule has 1 N–H and O–H groups in total. The number of nitrogens with zero attached hydrogens (tertiary/aromatic N) is 2. The molecule has 26 heavy (non-hydrogen) atoms. The van der Waals surface area contributed by atoms with Crippen molar-refractivity contribution >= 4 is 40.7 Å². The summed E-state index contributed by atoms with van der Waals surface area (Å²) in [5.41, 5.74) is 3.25. The number of benzene rings is 2. The Hall–Kier alpha value is -1.88. The van der Waals surface area contributed by atoms with Gasteiger partial charge in [0, 0.05) is 43.4 Å². The van der Waals surface area contributed by atoms with Gasteiger partial charge in [0.1, 0.15) is 0 Å². The highest BCUT2D eigenvalue weighted by atomic mass is 35.5. The van der Waals surface area contributed by atoms with Crippen molar-refractivity contribution in [2.45, 2.75) is 6.92 Å². The summed E-state index contributed by atoms with van der Waals surface area (Å²) in [7, 11) is 0. The van der Waals surface area contributed by atoms with Gasteiger partial charge in [-0.1, -0.05) is 60.2 Å². The van der Waals surface area contributed by atoms with Gasteiger partial charge in [-0.05, 0) is 42.4 Å². The largest absolute Gasteiger partial charge is 0.346 e. The van der Waals surface area contributed by atoms with Crippen LogP contribution in [-0.4, -0.2) is 47.6 Å². The van der Waals surface area contributed by atoms with E-state index in [1.54, 1.807) is 0 Å². The van der Waals surface area contributed by atoms with Gasteiger partial charge in [-0.3, -0.25) is 4.90 Å². The Labute approximate surface area is 166 Å². The second-order valence-corrected chi connectivity index (χ2v) is 7.24. The summed E-state index contributed by atoms with van der Waals surface area (Å²) in [6, 6.07) is 16.3. The minimum atomic E-state index is 0.757. The van der Waals surface area contributed by atoms with Crippen molar-refractivity contribution in [2.75, 3.05) is 38.0 Å². The van der Waals surface area contributed by atoms with Crippen molar-refractivity contribution in [3.63, 3.8) is 0 Å². The lowest BCUT2D eigenvalue weighted by Crippen LogP contribution is -2.49. The minimum absolute atomic E-state index is 0.757. The molecule has 0 aliphatic carbocycles. The summed E-state index contributed by atoms with van der Waals surface area (Å²) >= 11 is 11.8. The standard InChI is InChI=1S/C21H24ClN3S/c1-17-19(22)10-5-11-20(17)23-21(26)25-15-13-24(14-16-25)12-6-9-18-7-3-2-4-8-18/h2-11H,12-16H2,1H3,(H,23,26). The normalized spacial score (nSPS) is 15.4. The Morgan fingerprint density at radius 1 is 1.08 bits per heavy atom. The summed E-state index contributed by atoms with van der Waals surface area (Å²) < 4.78 is 0. The molecule has 0 unspecified atom stereocenters. The van der Waals surface area contributed by atoms with Crippen LogP contribution in [0.3, 0.4) is 0 Å². The number of thiocarbonyl (C=S) groups is 1. The van der Waals surface area contributed by atoms with Crippen LogP contribution >= 0.6 is 23.8 Å². The lowest BCUT2D eigenvalue weighted by molar-refractivity contribution is 0.200. The van der Waals surface area contributed by atoms with E-state index in [4.69, 9.17) is 23.8 Å². The molecule has 1 saturated heterocycles. The molecule has 0 bridgehead atoms. The van der Waals surface area contributed by atoms with E-state index < -0.39 is 0 Å². The first-order valence-corrected chi connectivity index (χ1v) is 9.67. The maximum absolute atomic E-state index is 6.18. The predicted molar refractivity (Wildman–Crippen MR) is 116 cm³/mol. The van der Waals surface area contributed by atoms with E-state index in [0.29, 0.717) is 0 Å². The molecule has 1 heterocycles. The Morgan fingerprint density at radius 3 is 2.54 bits per heavy atom. The summed E-state index contributed by atoms with van der Waals surface area (Å²) in [4.78, 5) is 4.68. The van der Waals surface area contributed by atoms with Crippen LogP contribution in [0.4, 0.5) is 5.69 Å². The van der Waals surface area contributed by atoms with Gasteiger partial charge in [-0.25, -0.2) is 0 Å². The van der Waals surface area contributed by atoms with Gasteiger partial charge in [0.25, 0.3) is 0 Å². The molecule has 1 aliphatic heterocycles. The highest BCUT2D eigenvalue weighted by molar-refractivity contribution is 7.80. The van der Waals surface area contributed by atoms with Crippen molar-refractivity contribution in [3.05, 3.63) is 70.8 Å². The van der Waals surface area contributed by atoms with Gasteiger partial charge in [0.05, 0.1) is 0 Å². The topological polar surface area (TPSA) is 18.5 Å². The fourth-order valence-corrected chi connectivity index (χ4v) is 3.44. The molecule has 2 aromatic carbocycles. The molecule has 2 aromatic rings. The van der Waals surface area contributed by atoms with Crippen LogP contribution in [0.1, 0.15) is 11.1 Å². The summed E-state index contributed by atoms with van der Waals surface area (Å²) in [5.74, 6) is 0. The molecule has 0 radical (unpaired) electrons. The van der Waals surface area contributed by atoms with E-state index in [9.17, 15) is 0 Å². The monoisotopic (exact) mass is 385 g/mol. The zero-order valence-corrected chi connectivity index (χ0v) is 16.6. The molecule has 1 fully saturated rings. The highest BCUT2D eigenvalue weighted by Gasteiger charge is 2.18. The molecule has 0 aromatic heterocycles. The lowest BCUT2D eigenvalue weighted by Gasteiger charge is -2.35. The zero-order valence-electron chi connectivity index (χ0n) is 15.0. The van der Waals surface area contributed by atoms with E-state index in [1.165, 1.54) is 5.56 Å². The van der Waals surface area contributed by atoms with Gasteiger partial charge in [0.15, 0.2) is 5.11 Å². The molecular formula is C21H24ClN3S. The van der Waals surface area contributed by atoms with Crippen molar-refractivity contribution in [3.8, 4) is 0 Å². The number of piperazine rings is 1. The molecule has 1 aliphatic rings. The van der Waals surface area contributed by atoms with Crippen LogP contribution in [0.15, 0.2) is 54.6 Å². The van der Waals surface area contributed by atoms with Crippen LogP contribution in [0, 0.1) is 6.92 Å². The number of halogens is 1. The maximum atomic E-state index is 6.18. The Balaban J connectivity index is 1.46. The Morgan fingerprint density at radius 2 is 1.81 bits per heavy atom. The van der Waals surface area contributed by atoms with Crippen LogP contribution < -0.4 is 5.32 Å². The van der Waals surface area contributed by atoms with Crippen LogP contribution in [0.2, 0.25) is 5.02 Å². The molecule has 0 spiro atoms. The van der Waals surface area contributed by atoms with Gasteiger partial charge in [0.2, 0.25) is 0 Å². The third-order valence-electron chi connectivity index (χ3n) is 4.64. The zero-order chi connectivity index (χ0) is 18.4. The fourth-order valence-electron chi connectivity index (χ4n) is 2.97. The number of hydrogen-bond acceptors (Lipinski definition) is 2. The predicted octanol–water partition coefficient (Wildman–Crippen LogP) is 4.68. The molecule has 5 heteroatoms. The first-order chi connectivity index (χ1) is 12.6. The van der Waals surface area contributed by atoms with E-state index >= 15 is 0 Å². The average Bonchev–Trinajstić information content (AvgIpc) is 2.67. The van der Waals surface area contributed by atoms with Gasteiger partial charge in [-0.15, -0.1) is 0 Å². The summed E-state index contributed by atoms with van der Waals surface area (Å²) in [6.07, 6.45) is 4.41. The van der Waals surface area contributed by atoms with E-state index in [-0.39, 0.29) is 0 Å². The van der Waals surface area contributed by atoms with E-state index in [2.05, 4.69) is 51.5 Å². The lowest BCUT2D eigenvalue weighted by atomic mass is 10.2. The molecule has 3 nitrogen and oxygen atoms in total. The van der Waals surface area contributed by atoms with Crippen LogP contribution in [-0.2, 0) is 0 Å². The Kier molecular flexibility index (Phi) is 6.67. The van der Waals surface area contributed by atoms with Crippen molar-refractivity contribution < 1.29 is 0 Å². The summed E-state index contributed by atoms with van der Waals surface area (Å²) in [5, 5.41) is 4.87. The molecular weight excluding hydrogens is 362 g/mol. The van der Waals surface area contributed by atoms with Crippen LogP contribution in [0.25, 0.3) is 6.08 Å². The molecule has 136 valence electrons. The first kappa shape index (κ1) is 18.9. The van der Waals surface area contributed by atoms with E-state index in [0.717, 1.165) is 54.1 Å².